The summed E-state index contributed by atoms with van der Waals surface area (Å²) in [6, 6.07) is 9.80. The summed E-state index contributed by atoms with van der Waals surface area (Å²) in [7, 11) is 3.65. The van der Waals surface area contributed by atoms with Gasteiger partial charge in [0.1, 0.15) is 5.82 Å². The van der Waals surface area contributed by atoms with E-state index in [1.807, 2.05) is 48.1 Å². The third-order valence-corrected chi connectivity index (χ3v) is 4.04. The molecule has 130 valence electrons. The Labute approximate surface area is 143 Å². The van der Waals surface area contributed by atoms with Crippen molar-refractivity contribution in [3.05, 3.63) is 54.1 Å². The topological polar surface area (TPSA) is 70.4 Å². The summed E-state index contributed by atoms with van der Waals surface area (Å²) in [5, 5.41) is 12.7. The molecular weight excluding hydrogens is 304 g/mol. The standard InChI is InChI=1S/C18H26N4O2/c1-14(23)11-16(15-7-5-4-6-8-15)12-20-18(24)22(3)13-17-19-9-10-21(17)2/h4-10,14,16,23H,11-13H2,1-3H3,(H,20,24). The first-order valence-electron chi connectivity index (χ1n) is 8.15. The number of imidazole rings is 1. The number of aliphatic hydroxyl groups is 1. The van der Waals surface area contributed by atoms with Gasteiger partial charge in [-0.1, -0.05) is 30.3 Å². The van der Waals surface area contributed by atoms with Crippen molar-refractivity contribution in [2.75, 3.05) is 13.6 Å². The molecule has 2 amide bonds. The Hall–Kier alpha value is -2.34. The lowest BCUT2D eigenvalue weighted by Crippen LogP contribution is -2.39. The van der Waals surface area contributed by atoms with Gasteiger partial charge in [0.15, 0.2) is 0 Å². The second-order valence-corrected chi connectivity index (χ2v) is 6.19. The Balaban J connectivity index is 1.93. The normalized spacial score (nSPS) is 13.3. The Morgan fingerprint density at radius 1 is 1.38 bits per heavy atom. The smallest absolute Gasteiger partial charge is 0.317 e. The molecule has 2 rings (SSSR count). The van der Waals surface area contributed by atoms with Crippen molar-refractivity contribution in [2.45, 2.75) is 31.9 Å². The van der Waals surface area contributed by atoms with Gasteiger partial charge in [-0.15, -0.1) is 0 Å². The molecule has 6 nitrogen and oxygen atoms in total. The van der Waals surface area contributed by atoms with Crippen LogP contribution in [0, 0.1) is 0 Å². The maximum atomic E-state index is 12.3. The number of carbonyl (C=O) groups is 1. The van der Waals surface area contributed by atoms with Crippen LogP contribution in [0.5, 0.6) is 0 Å². The highest BCUT2D eigenvalue weighted by Crippen LogP contribution is 2.20. The fraction of sp³-hybridized carbons (Fsp3) is 0.444. The third kappa shape index (κ3) is 5.09. The predicted molar refractivity (Wildman–Crippen MR) is 93.6 cm³/mol. The minimum Gasteiger partial charge on any atom is -0.393 e. The minimum absolute atomic E-state index is 0.0803. The van der Waals surface area contributed by atoms with E-state index in [2.05, 4.69) is 10.3 Å². The first-order valence-corrected chi connectivity index (χ1v) is 8.15. The first kappa shape index (κ1) is 18.0. The van der Waals surface area contributed by atoms with E-state index in [0.717, 1.165) is 11.4 Å². The van der Waals surface area contributed by atoms with Gasteiger partial charge in [-0.05, 0) is 18.9 Å². The number of hydrogen-bond donors (Lipinski definition) is 2. The van der Waals surface area contributed by atoms with E-state index in [1.165, 1.54) is 0 Å². The first-order chi connectivity index (χ1) is 11.5. The van der Waals surface area contributed by atoms with E-state index >= 15 is 0 Å². The number of hydrogen-bond acceptors (Lipinski definition) is 3. The summed E-state index contributed by atoms with van der Waals surface area (Å²) < 4.78 is 1.89. The fourth-order valence-corrected chi connectivity index (χ4v) is 2.65. The van der Waals surface area contributed by atoms with E-state index in [1.54, 1.807) is 25.1 Å². The summed E-state index contributed by atoms with van der Waals surface area (Å²) in [6.07, 6.45) is 3.76. The number of urea groups is 1. The van der Waals surface area contributed by atoms with Gasteiger partial charge in [-0.3, -0.25) is 0 Å². The van der Waals surface area contributed by atoms with Crippen molar-refractivity contribution >= 4 is 6.03 Å². The Morgan fingerprint density at radius 2 is 2.08 bits per heavy atom. The monoisotopic (exact) mass is 330 g/mol. The van der Waals surface area contributed by atoms with Gasteiger partial charge in [-0.2, -0.15) is 0 Å². The SMILES string of the molecule is CC(O)CC(CNC(=O)N(C)Cc1nccn1C)c1ccccc1. The van der Waals surface area contributed by atoms with Crippen LogP contribution in [0.3, 0.4) is 0 Å². The van der Waals surface area contributed by atoms with Crippen LogP contribution in [0.15, 0.2) is 42.7 Å². The highest BCUT2D eigenvalue weighted by Gasteiger charge is 2.17. The number of nitrogens with one attached hydrogen (secondary N) is 1. The molecule has 1 heterocycles. The minimum atomic E-state index is -0.419. The molecular formula is C18H26N4O2. The summed E-state index contributed by atoms with van der Waals surface area (Å²) in [6.45, 7) is 2.70. The van der Waals surface area contributed by atoms with Crippen LogP contribution < -0.4 is 5.32 Å². The van der Waals surface area contributed by atoms with E-state index in [-0.39, 0.29) is 11.9 Å². The third-order valence-electron chi connectivity index (χ3n) is 4.04. The maximum absolute atomic E-state index is 12.3. The fourth-order valence-electron chi connectivity index (χ4n) is 2.65. The van der Waals surface area contributed by atoms with Gasteiger partial charge in [0.05, 0.1) is 12.6 Å². The van der Waals surface area contributed by atoms with Crippen molar-refractivity contribution < 1.29 is 9.90 Å². The van der Waals surface area contributed by atoms with Gasteiger partial charge < -0.3 is 19.9 Å². The van der Waals surface area contributed by atoms with E-state index in [4.69, 9.17) is 0 Å². The zero-order valence-electron chi connectivity index (χ0n) is 14.5. The van der Waals surface area contributed by atoms with Crippen molar-refractivity contribution in [3.8, 4) is 0 Å². The van der Waals surface area contributed by atoms with Crippen molar-refractivity contribution in [3.63, 3.8) is 0 Å². The summed E-state index contributed by atoms with van der Waals surface area (Å²) in [5.41, 5.74) is 1.12. The van der Waals surface area contributed by atoms with Crippen LogP contribution in [-0.4, -0.2) is 45.3 Å². The highest BCUT2D eigenvalue weighted by molar-refractivity contribution is 5.73. The molecule has 24 heavy (non-hydrogen) atoms. The molecule has 0 fully saturated rings. The molecule has 2 aromatic rings. The van der Waals surface area contributed by atoms with E-state index < -0.39 is 6.10 Å². The molecule has 6 heteroatoms. The average molecular weight is 330 g/mol. The molecule has 0 saturated heterocycles. The number of benzene rings is 1. The number of aryl methyl sites for hydroxylation is 1. The molecule has 0 spiro atoms. The molecule has 2 N–H and O–H groups in total. The Morgan fingerprint density at radius 3 is 2.67 bits per heavy atom. The number of nitrogens with zero attached hydrogens (tertiary/aromatic N) is 3. The van der Waals surface area contributed by atoms with Crippen LogP contribution in [0.4, 0.5) is 4.79 Å². The summed E-state index contributed by atoms with van der Waals surface area (Å²) >= 11 is 0. The molecule has 0 radical (unpaired) electrons. The van der Waals surface area contributed by atoms with E-state index in [9.17, 15) is 9.90 Å². The van der Waals surface area contributed by atoms with Crippen LogP contribution in [0.1, 0.15) is 30.7 Å². The summed E-state index contributed by atoms with van der Waals surface area (Å²) in [4.78, 5) is 18.1. The Kier molecular flexibility index (Phi) is 6.37. The lowest BCUT2D eigenvalue weighted by molar-refractivity contribution is 0.171. The average Bonchev–Trinajstić information content (AvgIpc) is 2.96. The van der Waals surface area contributed by atoms with Crippen LogP contribution in [-0.2, 0) is 13.6 Å². The number of aromatic nitrogens is 2. The number of amides is 2. The van der Waals surface area contributed by atoms with Gasteiger partial charge in [0.2, 0.25) is 0 Å². The number of aliphatic hydroxyl groups excluding tert-OH is 1. The largest absolute Gasteiger partial charge is 0.393 e. The molecule has 0 aliphatic carbocycles. The van der Waals surface area contributed by atoms with Gasteiger partial charge in [0, 0.05) is 39.0 Å². The lowest BCUT2D eigenvalue weighted by Gasteiger charge is -2.22. The zero-order valence-corrected chi connectivity index (χ0v) is 14.5. The molecule has 2 unspecified atom stereocenters. The number of rotatable bonds is 7. The molecule has 1 aromatic carbocycles. The van der Waals surface area contributed by atoms with Gasteiger partial charge in [-0.25, -0.2) is 9.78 Å². The van der Waals surface area contributed by atoms with Crippen molar-refractivity contribution in [1.82, 2.24) is 19.8 Å². The van der Waals surface area contributed by atoms with Gasteiger partial charge >= 0.3 is 6.03 Å². The van der Waals surface area contributed by atoms with Crippen LogP contribution in [0.2, 0.25) is 0 Å². The maximum Gasteiger partial charge on any atom is 0.317 e. The quantitative estimate of drug-likeness (QED) is 0.817. The molecule has 0 aliphatic heterocycles. The van der Waals surface area contributed by atoms with E-state index in [0.29, 0.717) is 19.5 Å². The molecule has 0 saturated carbocycles. The highest BCUT2D eigenvalue weighted by atomic mass is 16.3. The summed E-state index contributed by atoms with van der Waals surface area (Å²) in [5.74, 6) is 0.910. The van der Waals surface area contributed by atoms with Crippen molar-refractivity contribution in [2.24, 2.45) is 7.05 Å². The molecule has 0 aliphatic rings. The van der Waals surface area contributed by atoms with Crippen LogP contribution in [0.25, 0.3) is 0 Å². The lowest BCUT2D eigenvalue weighted by atomic mass is 9.93. The molecule has 2 atom stereocenters. The Bertz CT molecular complexity index is 639. The second kappa shape index (κ2) is 8.49. The molecule has 0 bridgehead atoms. The van der Waals surface area contributed by atoms with Crippen molar-refractivity contribution in [1.29, 1.82) is 0 Å². The van der Waals surface area contributed by atoms with Gasteiger partial charge in [0.25, 0.3) is 0 Å². The van der Waals surface area contributed by atoms with Crippen LogP contribution >= 0.6 is 0 Å². The number of carbonyl (C=O) groups excluding carboxylic acids is 1. The second-order valence-electron chi connectivity index (χ2n) is 6.19. The predicted octanol–water partition coefficient (Wildman–Crippen LogP) is 2.12. The molecule has 1 aromatic heterocycles. The zero-order chi connectivity index (χ0) is 17.5.